The molecule has 0 amide bonds. The quantitative estimate of drug-likeness (QED) is 0.613. The number of aryl methyl sites for hydroxylation is 1. The van der Waals surface area contributed by atoms with E-state index in [9.17, 15) is 14.7 Å². The smallest absolute Gasteiger partial charge is 0.328 e. The third-order valence-electron chi connectivity index (χ3n) is 2.11. The monoisotopic (exact) mass is 192 g/mol. The molecule has 2 aromatic rings. The number of hydrogen-bond donors (Lipinski definition) is 2. The van der Waals surface area contributed by atoms with E-state index >= 15 is 0 Å². The third-order valence-corrected chi connectivity index (χ3v) is 2.11. The number of aromatic nitrogens is 2. The number of H-pyrrole nitrogens is 1. The Hall–Kier alpha value is -2.04. The summed E-state index contributed by atoms with van der Waals surface area (Å²) in [6, 6.07) is 4.29. The first-order chi connectivity index (χ1) is 6.59. The van der Waals surface area contributed by atoms with Crippen molar-refractivity contribution in [2.45, 2.75) is 0 Å². The second-order valence-electron chi connectivity index (χ2n) is 3.02. The Kier molecular flexibility index (Phi) is 1.67. The van der Waals surface area contributed by atoms with Gasteiger partial charge in [-0.05, 0) is 18.2 Å². The first-order valence-electron chi connectivity index (χ1n) is 4.01. The van der Waals surface area contributed by atoms with Crippen LogP contribution >= 0.6 is 0 Å². The predicted octanol–water partition coefficient (Wildman–Crippen LogP) is -0.0676. The number of aromatic hydroxyl groups is 1. The average molecular weight is 192 g/mol. The van der Waals surface area contributed by atoms with Gasteiger partial charge in [0.05, 0.1) is 10.9 Å². The van der Waals surface area contributed by atoms with Crippen molar-refractivity contribution in [3.05, 3.63) is 39.0 Å². The van der Waals surface area contributed by atoms with Crippen LogP contribution in [-0.2, 0) is 7.05 Å². The summed E-state index contributed by atoms with van der Waals surface area (Å²) in [5.41, 5.74) is -0.455. The molecule has 2 N–H and O–H groups in total. The minimum absolute atomic E-state index is 0.00153. The molecule has 14 heavy (non-hydrogen) atoms. The van der Waals surface area contributed by atoms with Crippen LogP contribution in [-0.4, -0.2) is 14.7 Å². The van der Waals surface area contributed by atoms with Gasteiger partial charge in [0, 0.05) is 7.05 Å². The molecule has 0 aliphatic carbocycles. The van der Waals surface area contributed by atoms with Crippen LogP contribution in [0.5, 0.6) is 5.75 Å². The van der Waals surface area contributed by atoms with Crippen LogP contribution in [0.25, 0.3) is 10.9 Å². The number of benzene rings is 1. The Bertz CT molecular complexity index is 609. The molecule has 0 saturated heterocycles. The topological polar surface area (TPSA) is 75.1 Å². The molecule has 1 aromatic carbocycles. The number of hydrogen-bond acceptors (Lipinski definition) is 3. The largest absolute Gasteiger partial charge is 0.508 e. The minimum atomic E-state index is -0.487. The average Bonchev–Trinajstić information content (AvgIpc) is 2.14. The standard InChI is InChI=1S/C9H8N2O3/c1-11-7-3-2-5(12)4-6(7)8(13)10-9(11)14/h2-4,12H,1H3,(H,10,13,14). The van der Waals surface area contributed by atoms with Gasteiger partial charge in [-0.15, -0.1) is 0 Å². The highest BCUT2D eigenvalue weighted by molar-refractivity contribution is 5.79. The highest BCUT2D eigenvalue weighted by atomic mass is 16.3. The van der Waals surface area contributed by atoms with E-state index in [4.69, 9.17) is 0 Å². The Morgan fingerprint density at radius 1 is 1.36 bits per heavy atom. The number of aromatic amines is 1. The summed E-state index contributed by atoms with van der Waals surface area (Å²) in [5, 5.41) is 9.47. The molecule has 72 valence electrons. The fourth-order valence-corrected chi connectivity index (χ4v) is 1.36. The van der Waals surface area contributed by atoms with E-state index in [1.165, 1.54) is 22.8 Å². The molecule has 0 aliphatic rings. The third kappa shape index (κ3) is 1.10. The van der Waals surface area contributed by atoms with Gasteiger partial charge < -0.3 is 5.11 Å². The molecular formula is C9H8N2O3. The van der Waals surface area contributed by atoms with Crippen LogP contribution in [0.15, 0.2) is 27.8 Å². The van der Waals surface area contributed by atoms with Crippen molar-refractivity contribution in [2.24, 2.45) is 7.05 Å². The molecule has 0 aliphatic heterocycles. The number of phenolic OH excluding ortho intramolecular Hbond substituents is 1. The molecular weight excluding hydrogens is 184 g/mol. The maximum absolute atomic E-state index is 11.3. The van der Waals surface area contributed by atoms with Gasteiger partial charge in [-0.2, -0.15) is 0 Å². The van der Waals surface area contributed by atoms with E-state index in [2.05, 4.69) is 4.98 Å². The summed E-state index contributed by atoms with van der Waals surface area (Å²) >= 11 is 0. The molecule has 0 atom stereocenters. The lowest BCUT2D eigenvalue weighted by atomic mass is 10.2. The Morgan fingerprint density at radius 2 is 2.07 bits per heavy atom. The van der Waals surface area contributed by atoms with Crippen LogP contribution in [0.1, 0.15) is 0 Å². The zero-order valence-corrected chi connectivity index (χ0v) is 7.44. The maximum atomic E-state index is 11.3. The lowest BCUT2D eigenvalue weighted by Gasteiger charge is -2.02. The summed E-state index contributed by atoms with van der Waals surface area (Å²) in [6.45, 7) is 0. The molecule has 5 nitrogen and oxygen atoms in total. The maximum Gasteiger partial charge on any atom is 0.328 e. The number of phenols is 1. The summed E-state index contributed by atoms with van der Waals surface area (Å²) in [5.74, 6) is 0.00153. The summed E-state index contributed by atoms with van der Waals surface area (Å²) < 4.78 is 1.32. The van der Waals surface area contributed by atoms with Gasteiger partial charge in [0.25, 0.3) is 5.56 Å². The van der Waals surface area contributed by atoms with E-state index in [-0.39, 0.29) is 5.75 Å². The molecule has 0 fully saturated rings. The highest BCUT2D eigenvalue weighted by Crippen LogP contribution is 2.14. The van der Waals surface area contributed by atoms with Gasteiger partial charge in [0.1, 0.15) is 5.75 Å². The van der Waals surface area contributed by atoms with Gasteiger partial charge in [0.2, 0.25) is 0 Å². The van der Waals surface area contributed by atoms with Crippen molar-refractivity contribution in [1.82, 2.24) is 9.55 Å². The number of rotatable bonds is 0. The van der Waals surface area contributed by atoms with Gasteiger partial charge >= 0.3 is 5.69 Å². The SMILES string of the molecule is Cn1c(=O)[nH]c(=O)c2cc(O)ccc21. The molecule has 0 saturated carbocycles. The molecule has 1 aromatic heterocycles. The second-order valence-corrected chi connectivity index (χ2v) is 3.02. The zero-order valence-electron chi connectivity index (χ0n) is 7.44. The normalized spacial score (nSPS) is 10.6. The van der Waals surface area contributed by atoms with Crippen LogP contribution in [0.2, 0.25) is 0 Å². The molecule has 0 unspecified atom stereocenters. The number of nitrogens with zero attached hydrogens (tertiary/aromatic N) is 1. The number of fused-ring (bicyclic) bond motifs is 1. The van der Waals surface area contributed by atoms with Gasteiger partial charge in [-0.3, -0.25) is 14.3 Å². The van der Waals surface area contributed by atoms with Crippen molar-refractivity contribution in [2.75, 3.05) is 0 Å². The lowest BCUT2D eigenvalue weighted by molar-refractivity contribution is 0.476. The van der Waals surface area contributed by atoms with Crippen LogP contribution < -0.4 is 11.2 Å². The van der Waals surface area contributed by atoms with E-state index in [0.29, 0.717) is 10.9 Å². The minimum Gasteiger partial charge on any atom is -0.508 e. The highest BCUT2D eigenvalue weighted by Gasteiger charge is 2.04. The van der Waals surface area contributed by atoms with E-state index < -0.39 is 11.2 Å². The first-order valence-corrected chi connectivity index (χ1v) is 4.01. The molecule has 0 bridgehead atoms. The second kappa shape index (κ2) is 2.73. The van der Waals surface area contributed by atoms with Gasteiger partial charge in [0.15, 0.2) is 0 Å². The summed E-state index contributed by atoms with van der Waals surface area (Å²) in [6.07, 6.45) is 0. The van der Waals surface area contributed by atoms with Gasteiger partial charge in [-0.25, -0.2) is 4.79 Å². The fourth-order valence-electron chi connectivity index (χ4n) is 1.36. The molecule has 5 heteroatoms. The van der Waals surface area contributed by atoms with E-state index in [1.807, 2.05) is 0 Å². The first kappa shape index (κ1) is 8.55. The van der Waals surface area contributed by atoms with Crippen molar-refractivity contribution in [1.29, 1.82) is 0 Å². The summed E-state index contributed by atoms with van der Waals surface area (Å²) in [4.78, 5) is 24.7. The number of nitrogens with one attached hydrogen (secondary N) is 1. The predicted molar refractivity (Wildman–Crippen MR) is 51.5 cm³/mol. The van der Waals surface area contributed by atoms with E-state index in [0.717, 1.165) is 0 Å². The fraction of sp³-hybridized carbons (Fsp3) is 0.111. The zero-order chi connectivity index (χ0) is 10.3. The van der Waals surface area contributed by atoms with Crippen molar-refractivity contribution < 1.29 is 5.11 Å². The van der Waals surface area contributed by atoms with E-state index in [1.54, 1.807) is 7.05 Å². The molecule has 1 heterocycles. The summed E-state index contributed by atoms with van der Waals surface area (Å²) in [7, 11) is 1.55. The Morgan fingerprint density at radius 3 is 2.79 bits per heavy atom. The Labute approximate surface area is 78.2 Å². The molecule has 0 spiro atoms. The van der Waals surface area contributed by atoms with Crippen molar-refractivity contribution in [3.63, 3.8) is 0 Å². The van der Waals surface area contributed by atoms with Crippen LogP contribution in [0.4, 0.5) is 0 Å². The lowest BCUT2D eigenvalue weighted by Crippen LogP contribution is -2.28. The van der Waals surface area contributed by atoms with Crippen molar-refractivity contribution >= 4 is 10.9 Å². The van der Waals surface area contributed by atoms with Crippen LogP contribution in [0, 0.1) is 0 Å². The van der Waals surface area contributed by atoms with Gasteiger partial charge in [-0.1, -0.05) is 0 Å². The molecule has 2 rings (SSSR count). The van der Waals surface area contributed by atoms with Crippen LogP contribution in [0.3, 0.4) is 0 Å². The molecule has 0 radical (unpaired) electrons. The van der Waals surface area contributed by atoms with Crippen molar-refractivity contribution in [3.8, 4) is 5.75 Å². The Balaban J connectivity index is 3.10.